The number of amides is 1. The SMILES string of the molecule is Cc1ccc(NC(=S)NNC(=O)c2ccccc2Br)c(C)c1. The molecule has 0 bridgehead atoms. The Morgan fingerprint density at radius 3 is 2.50 bits per heavy atom. The molecule has 2 rings (SSSR count). The zero-order chi connectivity index (χ0) is 16.1. The van der Waals surface area contributed by atoms with E-state index in [4.69, 9.17) is 12.2 Å². The van der Waals surface area contributed by atoms with Crippen molar-refractivity contribution < 1.29 is 4.79 Å². The smallest absolute Gasteiger partial charge is 0.270 e. The van der Waals surface area contributed by atoms with E-state index in [0.29, 0.717) is 10.7 Å². The number of hydrogen-bond acceptors (Lipinski definition) is 2. The fraction of sp³-hybridized carbons (Fsp3) is 0.125. The van der Waals surface area contributed by atoms with Crippen LogP contribution in [0, 0.1) is 13.8 Å². The molecule has 0 aliphatic rings. The lowest BCUT2D eigenvalue weighted by atomic mass is 10.1. The van der Waals surface area contributed by atoms with Gasteiger partial charge in [0, 0.05) is 10.2 Å². The fourth-order valence-corrected chi connectivity index (χ4v) is 2.56. The summed E-state index contributed by atoms with van der Waals surface area (Å²) in [6.45, 7) is 4.03. The van der Waals surface area contributed by atoms with Crippen LogP contribution in [0.1, 0.15) is 21.5 Å². The lowest BCUT2D eigenvalue weighted by Gasteiger charge is -2.14. The lowest BCUT2D eigenvalue weighted by Crippen LogP contribution is -2.43. The summed E-state index contributed by atoms with van der Waals surface area (Å²) in [6.07, 6.45) is 0. The van der Waals surface area contributed by atoms with Crippen LogP contribution in [0.4, 0.5) is 5.69 Å². The molecule has 0 heterocycles. The number of hydrazine groups is 1. The van der Waals surface area contributed by atoms with Crippen molar-refractivity contribution in [3.63, 3.8) is 0 Å². The molecule has 0 spiro atoms. The molecule has 22 heavy (non-hydrogen) atoms. The van der Waals surface area contributed by atoms with Crippen LogP contribution in [-0.2, 0) is 0 Å². The third-order valence-electron chi connectivity index (χ3n) is 3.04. The summed E-state index contributed by atoms with van der Waals surface area (Å²) in [4.78, 5) is 12.0. The van der Waals surface area contributed by atoms with Crippen molar-refractivity contribution in [2.24, 2.45) is 0 Å². The summed E-state index contributed by atoms with van der Waals surface area (Å²) in [5.41, 5.74) is 8.97. The largest absolute Gasteiger partial charge is 0.331 e. The van der Waals surface area contributed by atoms with Crippen LogP contribution in [0.5, 0.6) is 0 Å². The number of carbonyl (C=O) groups is 1. The molecule has 1 amide bonds. The molecule has 2 aromatic carbocycles. The lowest BCUT2D eigenvalue weighted by molar-refractivity contribution is 0.0943. The quantitative estimate of drug-likeness (QED) is 0.551. The first-order valence-corrected chi connectivity index (χ1v) is 7.86. The minimum absolute atomic E-state index is 0.266. The summed E-state index contributed by atoms with van der Waals surface area (Å²) in [6, 6.07) is 13.2. The summed E-state index contributed by atoms with van der Waals surface area (Å²) >= 11 is 8.52. The van der Waals surface area contributed by atoms with E-state index in [1.165, 1.54) is 5.56 Å². The van der Waals surface area contributed by atoms with Gasteiger partial charge in [-0.1, -0.05) is 29.8 Å². The molecule has 0 radical (unpaired) electrons. The van der Waals surface area contributed by atoms with Gasteiger partial charge in [-0.25, -0.2) is 0 Å². The van der Waals surface area contributed by atoms with Crippen molar-refractivity contribution in [2.45, 2.75) is 13.8 Å². The molecule has 0 atom stereocenters. The van der Waals surface area contributed by atoms with E-state index < -0.39 is 0 Å². The standard InChI is InChI=1S/C16H16BrN3OS/c1-10-7-8-14(11(2)9-10)18-16(22)20-19-15(21)12-5-3-4-6-13(12)17/h3-9H,1-2H3,(H,19,21)(H2,18,20,22). The van der Waals surface area contributed by atoms with Gasteiger partial charge in [0.15, 0.2) is 5.11 Å². The monoisotopic (exact) mass is 377 g/mol. The Bertz CT molecular complexity index is 718. The van der Waals surface area contributed by atoms with Gasteiger partial charge < -0.3 is 5.32 Å². The molecule has 0 saturated heterocycles. The predicted molar refractivity (Wildman–Crippen MR) is 96.9 cm³/mol. The Morgan fingerprint density at radius 2 is 1.82 bits per heavy atom. The van der Waals surface area contributed by atoms with E-state index in [1.54, 1.807) is 18.2 Å². The maximum atomic E-state index is 12.0. The van der Waals surface area contributed by atoms with Crippen LogP contribution in [0.3, 0.4) is 0 Å². The first-order chi connectivity index (χ1) is 10.5. The third kappa shape index (κ3) is 4.29. The van der Waals surface area contributed by atoms with E-state index in [0.717, 1.165) is 15.7 Å². The van der Waals surface area contributed by atoms with E-state index >= 15 is 0 Å². The number of nitrogens with one attached hydrogen (secondary N) is 3. The van der Waals surface area contributed by atoms with E-state index in [2.05, 4.69) is 38.2 Å². The van der Waals surface area contributed by atoms with Crippen LogP contribution in [0.25, 0.3) is 0 Å². The molecule has 114 valence electrons. The van der Waals surface area contributed by atoms with Crippen molar-refractivity contribution in [1.29, 1.82) is 0 Å². The number of aryl methyl sites for hydroxylation is 2. The molecule has 0 aromatic heterocycles. The topological polar surface area (TPSA) is 53.2 Å². The average molecular weight is 378 g/mol. The predicted octanol–water partition coefficient (Wildman–Crippen LogP) is 3.70. The van der Waals surface area contributed by atoms with E-state index in [-0.39, 0.29) is 5.91 Å². The van der Waals surface area contributed by atoms with Gasteiger partial charge in [0.2, 0.25) is 0 Å². The minimum atomic E-state index is -0.266. The molecule has 0 aliphatic carbocycles. The van der Waals surface area contributed by atoms with Crippen LogP contribution in [0.15, 0.2) is 46.9 Å². The number of hydrogen-bond donors (Lipinski definition) is 3. The summed E-state index contributed by atoms with van der Waals surface area (Å²) in [5, 5.41) is 3.38. The molecular formula is C16H16BrN3OS. The number of rotatable bonds is 2. The zero-order valence-electron chi connectivity index (χ0n) is 12.2. The molecule has 3 N–H and O–H groups in total. The average Bonchev–Trinajstić information content (AvgIpc) is 2.48. The second kappa shape index (κ2) is 7.38. The van der Waals surface area contributed by atoms with Crippen molar-refractivity contribution in [2.75, 3.05) is 5.32 Å². The van der Waals surface area contributed by atoms with Gasteiger partial charge in [-0.05, 0) is 65.8 Å². The van der Waals surface area contributed by atoms with Gasteiger partial charge in [0.05, 0.1) is 5.56 Å². The molecular weight excluding hydrogens is 362 g/mol. The van der Waals surface area contributed by atoms with Crippen molar-refractivity contribution in [3.8, 4) is 0 Å². The van der Waals surface area contributed by atoms with Gasteiger partial charge >= 0.3 is 0 Å². The van der Waals surface area contributed by atoms with Crippen molar-refractivity contribution in [1.82, 2.24) is 10.9 Å². The van der Waals surface area contributed by atoms with Crippen LogP contribution < -0.4 is 16.2 Å². The summed E-state index contributed by atoms with van der Waals surface area (Å²) in [7, 11) is 0. The Morgan fingerprint density at radius 1 is 1.09 bits per heavy atom. The fourth-order valence-electron chi connectivity index (χ4n) is 1.93. The first kappa shape index (κ1) is 16.5. The molecule has 6 heteroatoms. The van der Waals surface area contributed by atoms with Gasteiger partial charge in [-0.15, -0.1) is 0 Å². The molecule has 2 aromatic rings. The Balaban J connectivity index is 1.93. The Hall–Kier alpha value is -1.92. The molecule has 4 nitrogen and oxygen atoms in total. The van der Waals surface area contributed by atoms with Crippen LogP contribution >= 0.6 is 28.1 Å². The second-order valence-electron chi connectivity index (χ2n) is 4.83. The number of anilines is 1. The third-order valence-corrected chi connectivity index (χ3v) is 3.93. The normalized spacial score (nSPS) is 9.95. The summed E-state index contributed by atoms with van der Waals surface area (Å²) in [5.74, 6) is -0.266. The van der Waals surface area contributed by atoms with Crippen LogP contribution in [-0.4, -0.2) is 11.0 Å². The van der Waals surface area contributed by atoms with E-state index in [1.807, 2.05) is 32.0 Å². The first-order valence-electron chi connectivity index (χ1n) is 6.66. The maximum absolute atomic E-state index is 12.0. The highest BCUT2D eigenvalue weighted by Crippen LogP contribution is 2.16. The second-order valence-corrected chi connectivity index (χ2v) is 6.09. The molecule has 0 aliphatic heterocycles. The molecule has 0 unspecified atom stereocenters. The molecule has 0 saturated carbocycles. The molecule has 0 fully saturated rings. The number of halogens is 1. The van der Waals surface area contributed by atoms with Gasteiger partial charge in [0.25, 0.3) is 5.91 Å². The highest BCUT2D eigenvalue weighted by atomic mass is 79.9. The van der Waals surface area contributed by atoms with Crippen molar-refractivity contribution >= 4 is 44.9 Å². The van der Waals surface area contributed by atoms with Gasteiger partial charge in [-0.2, -0.15) is 0 Å². The van der Waals surface area contributed by atoms with Gasteiger partial charge in [0.1, 0.15) is 0 Å². The Kier molecular flexibility index (Phi) is 5.51. The number of carbonyl (C=O) groups excluding carboxylic acids is 1. The van der Waals surface area contributed by atoms with E-state index in [9.17, 15) is 4.79 Å². The number of benzene rings is 2. The van der Waals surface area contributed by atoms with Crippen LogP contribution in [0.2, 0.25) is 0 Å². The minimum Gasteiger partial charge on any atom is -0.331 e. The Labute approximate surface area is 143 Å². The highest BCUT2D eigenvalue weighted by molar-refractivity contribution is 9.10. The maximum Gasteiger partial charge on any atom is 0.270 e. The highest BCUT2D eigenvalue weighted by Gasteiger charge is 2.09. The number of thiocarbonyl (C=S) groups is 1. The van der Waals surface area contributed by atoms with Crippen molar-refractivity contribution in [3.05, 3.63) is 63.6 Å². The van der Waals surface area contributed by atoms with Gasteiger partial charge in [-0.3, -0.25) is 15.6 Å². The zero-order valence-corrected chi connectivity index (χ0v) is 14.6. The summed E-state index contributed by atoms with van der Waals surface area (Å²) < 4.78 is 0.725.